The van der Waals surface area contributed by atoms with E-state index in [0.29, 0.717) is 22.5 Å². The van der Waals surface area contributed by atoms with E-state index in [-0.39, 0.29) is 0 Å². The van der Waals surface area contributed by atoms with Crippen molar-refractivity contribution in [2.45, 2.75) is 59.0 Å². The third-order valence-corrected chi connectivity index (χ3v) is 4.23. The van der Waals surface area contributed by atoms with Gasteiger partial charge in [0.05, 0.1) is 6.10 Å². The first-order chi connectivity index (χ1) is 9.44. The van der Waals surface area contributed by atoms with Gasteiger partial charge in [-0.1, -0.05) is 20.8 Å². The monoisotopic (exact) mass is 297 g/mol. The van der Waals surface area contributed by atoms with Crippen LogP contribution >= 0.6 is 12.2 Å². The summed E-state index contributed by atoms with van der Waals surface area (Å²) < 4.78 is 5.55. The van der Waals surface area contributed by atoms with E-state index in [1.165, 1.54) is 12.1 Å². The summed E-state index contributed by atoms with van der Waals surface area (Å²) in [5.74, 6) is 0.702. The average Bonchev–Trinajstić information content (AvgIpc) is 2.84. The average molecular weight is 297 g/mol. The number of nitrogens with one attached hydrogen (secondary N) is 2. The maximum absolute atomic E-state index is 5.55. The van der Waals surface area contributed by atoms with Gasteiger partial charge in [0.25, 0.3) is 0 Å². The quantitative estimate of drug-likeness (QED) is 0.621. The SMILES string of the molecule is CC1C/C(=N/NC(=S)NCC2CCCO2)CC(C)(C)C1. The van der Waals surface area contributed by atoms with Gasteiger partial charge in [0, 0.05) is 18.9 Å². The standard InChI is InChI=1S/C15H27N3OS/c1-11-7-12(9-15(2,3)8-11)17-18-14(20)16-10-13-5-4-6-19-13/h11,13H,4-10H2,1-3H3,(H2,16,18,20)/b17-12-. The van der Waals surface area contributed by atoms with Gasteiger partial charge in [0.2, 0.25) is 0 Å². The van der Waals surface area contributed by atoms with E-state index in [0.717, 1.165) is 38.8 Å². The third kappa shape index (κ3) is 5.02. The number of hydrazone groups is 1. The van der Waals surface area contributed by atoms with Crippen LogP contribution in [0.4, 0.5) is 0 Å². The summed E-state index contributed by atoms with van der Waals surface area (Å²) in [6.45, 7) is 8.57. The smallest absolute Gasteiger partial charge is 0.187 e. The number of rotatable bonds is 3. The van der Waals surface area contributed by atoms with Crippen LogP contribution in [-0.2, 0) is 4.74 Å². The van der Waals surface area contributed by atoms with E-state index < -0.39 is 0 Å². The third-order valence-electron chi connectivity index (χ3n) is 4.00. The van der Waals surface area contributed by atoms with Crippen molar-refractivity contribution in [3.8, 4) is 0 Å². The van der Waals surface area contributed by atoms with E-state index in [9.17, 15) is 0 Å². The highest BCUT2D eigenvalue weighted by molar-refractivity contribution is 7.80. The maximum Gasteiger partial charge on any atom is 0.187 e. The number of ether oxygens (including phenoxy) is 1. The highest BCUT2D eigenvalue weighted by Crippen LogP contribution is 2.36. The fourth-order valence-electron chi connectivity index (χ4n) is 3.38. The topological polar surface area (TPSA) is 45.7 Å². The number of nitrogens with zero attached hydrogens (tertiary/aromatic N) is 1. The molecule has 0 aromatic heterocycles. The van der Waals surface area contributed by atoms with E-state index >= 15 is 0 Å². The Hall–Kier alpha value is -0.680. The van der Waals surface area contributed by atoms with Crippen LogP contribution in [0.15, 0.2) is 5.10 Å². The first-order valence-corrected chi connectivity index (χ1v) is 8.06. The number of hydrogen-bond acceptors (Lipinski definition) is 3. The lowest BCUT2D eigenvalue weighted by atomic mass is 9.72. The van der Waals surface area contributed by atoms with Crippen molar-refractivity contribution >= 4 is 23.0 Å². The molecule has 20 heavy (non-hydrogen) atoms. The highest BCUT2D eigenvalue weighted by Gasteiger charge is 2.29. The van der Waals surface area contributed by atoms with E-state index in [1.807, 2.05) is 0 Å². The molecule has 5 heteroatoms. The van der Waals surface area contributed by atoms with Crippen molar-refractivity contribution in [2.24, 2.45) is 16.4 Å². The molecule has 2 fully saturated rings. The number of thiocarbonyl (C=S) groups is 1. The van der Waals surface area contributed by atoms with Crippen LogP contribution < -0.4 is 10.7 Å². The van der Waals surface area contributed by atoms with Gasteiger partial charge in [0.1, 0.15) is 0 Å². The molecule has 2 unspecified atom stereocenters. The van der Waals surface area contributed by atoms with Crippen molar-refractivity contribution in [3.05, 3.63) is 0 Å². The summed E-state index contributed by atoms with van der Waals surface area (Å²) in [6, 6.07) is 0. The molecule has 0 radical (unpaired) electrons. The molecule has 0 aromatic rings. The molecule has 0 spiro atoms. The van der Waals surface area contributed by atoms with Crippen LogP contribution in [-0.4, -0.2) is 30.1 Å². The molecule has 4 nitrogen and oxygen atoms in total. The van der Waals surface area contributed by atoms with Crippen molar-refractivity contribution in [3.63, 3.8) is 0 Å². The Morgan fingerprint density at radius 3 is 2.95 bits per heavy atom. The van der Waals surface area contributed by atoms with Gasteiger partial charge in [0.15, 0.2) is 5.11 Å². The first-order valence-electron chi connectivity index (χ1n) is 7.65. The molecule has 114 valence electrons. The Morgan fingerprint density at radius 1 is 1.50 bits per heavy atom. The first kappa shape index (κ1) is 15.7. The Balaban J connectivity index is 1.74. The predicted octanol–water partition coefficient (Wildman–Crippen LogP) is 2.83. The van der Waals surface area contributed by atoms with Crippen LogP contribution in [0, 0.1) is 11.3 Å². The van der Waals surface area contributed by atoms with E-state index in [1.54, 1.807) is 0 Å². The minimum absolute atomic E-state index is 0.302. The maximum atomic E-state index is 5.55. The minimum Gasteiger partial charge on any atom is -0.376 e. The molecule has 1 saturated heterocycles. The van der Waals surface area contributed by atoms with Gasteiger partial charge in [-0.2, -0.15) is 5.10 Å². The molecule has 2 rings (SSSR count). The van der Waals surface area contributed by atoms with Crippen molar-refractivity contribution in [2.75, 3.05) is 13.2 Å². The van der Waals surface area contributed by atoms with E-state index in [2.05, 4.69) is 36.6 Å². The Morgan fingerprint density at radius 2 is 2.30 bits per heavy atom. The zero-order chi connectivity index (χ0) is 14.6. The highest BCUT2D eigenvalue weighted by atomic mass is 32.1. The second kappa shape index (κ2) is 6.85. The van der Waals surface area contributed by atoms with Gasteiger partial charge < -0.3 is 10.1 Å². The lowest BCUT2D eigenvalue weighted by Crippen LogP contribution is -2.38. The molecular formula is C15H27N3OS. The van der Waals surface area contributed by atoms with Crippen molar-refractivity contribution in [1.82, 2.24) is 10.7 Å². The summed E-state index contributed by atoms with van der Waals surface area (Å²) in [7, 11) is 0. The Kier molecular flexibility index (Phi) is 5.38. The summed E-state index contributed by atoms with van der Waals surface area (Å²) in [5, 5.41) is 8.28. The van der Waals surface area contributed by atoms with Gasteiger partial charge in [-0.05, 0) is 55.7 Å². The van der Waals surface area contributed by atoms with Crippen LogP contribution in [0.3, 0.4) is 0 Å². The molecule has 0 aromatic carbocycles. The summed E-state index contributed by atoms with van der Waals surface area (Å²) in [4.78, 5) is 0. The Bertz CT molecular complexity index is 375. The van der Waals surface area contributed by atoms with E-state index in [4.69, 9.17) is 17.0 Å². The zero-order valence-electron chi connectivity index (χ0n) is 12.9. The summed E-state index contributed by atoms with van der Waals surface area (Å²) in [5.41, 5.74) is 4.57. The van der Waals surface area contributed by atoms with Gasteiger partial charge in [-0.3, -0.25) is 5.43 Å². The molecule has 1 heterocycles. The molecular weight excluding hydrogens is 270 g/mol. The largest absolute Gasteiger partial charge is 0.376 e. The second-order valence-electron chi connectivity index (χ2n) is 6.99. The normalized spacial score (nSPS) is 31.2. The van der Waals surface area contributed by atoms with Crippen LogP contribution in [0.25, 0.3) is 0 Å². The minimum atomic E-state index is 0.302. The Labute approximate surface area is 127 Å². The lowest BCUT2D eigenvalue weighted by Gasteiger charge is -2.34. The van der Waals surface area contributed by atoms with Gasteiger partial charge in [-0.15, -0.1) is 0 Å². The molecule has 1 aliphatic carbocycles. The van der Waals surface area contributed by atoms with Crippen LogP contribution in [0.1, 0.15) is 52.9 Å². The molecule has 2 aliphatic rings. The molecule has 0 bridgehead atoms. The summed E-state index contributed by atoms with van der Waals surface area (Å²) in [6.07, 6.45) is 5.98. The molecule has 0 amide bonds. The second-order valence-corrected chi connectivity index (χ2v) is 7.40. The molecule has 1 saturated carbocycles. The molecule has 2 atom stereocenters. The molecule has 2 N–H and O–H groups in total. The fourth-order valence-corrected chi connectivity index (χ4v) is 3.51. The summed E-state index contributed by atoms with van der Waals surface area (Å²) >= 11 is 5.26. The number of hydrogen-bond donors (Lipinski definition) is 2. The van der Waals surface area contributed by atoms with Crippen LogP contribution in [0.2, 0.25) is 0 Å². The van der Waals surface area contributed by atoms with Crippen LogP contribution in [0.5, 0.6) is 0 Å². The van der Waals surface area contributed by atoms with Crippen molar-refractivity contribution < 1.29 is 4.74 Å². The van der Waals surface area contributed by atoms with Gasteiger partial charge >= 0.3 is 0 Å². The molecule has 1 aliphatic heterocycles. The zero-order valence-corrected chi connectivity index (χ0v) is 13.7. The van der Waals surface area contributed by atoms with Gasteiger partial charge in [-0.25, -0.2) is 0 Å². The predicted molar refractivity (Wildman–Crippen MR) is 86.9 cm³/mol. The van der Waals surface area contributed by atoms with Crippen molar-refractivity contribution in [1.29, 1.82) is 0 Å². The lowest BCUT2D eigenvalue weighted by molar-refractivity contribution is 0.114. The fraction of sp³-hybridized carbons (Fsp3) is 0.867.